The molecule has 2 aromatic rings. The molecule has 0 bridgehead atoms. The molecule has 2 rings (SSSR count). The fourth-order valence-corrected chi connectivity index (χ4v) is 2.09. The Bertz CT molecular complexity index is 590. The van der Waals surface area contributed by atoms with Crippen LogP contribution >= 0.6 is 23.2 Å². The van der Waals surface area contributed by atoms with Crippen molar-refractivity contribution in [1.29, 1.82) is 0 Å². The van der Waals surface area contributed by atoms with Gasteiger partial charge in [0.25, 0.3) is 0 Å². The molecule has 20 heavy (non-hydrogen) atoms. The van der Waals surface area contributed by atoms with Gasteiger partial charge in [-0.25, -0.2) is 4.39 Å². The maximum atomic E-state index is 13.6. The second-order valence-electron chi connectivity index (χ2n) is 4.36. The summed E-state index contributed by atoms with van der Waals surface area (Å²) >= 11 is 11.5. The molecule has 106 valence electrons. The molecule has 0 fully saturated rings. The van der Waals surface area contributed by atoms with Gasteiger partial charge in [0.15, 0.2) is 0 Å². The van der Waals surface area contributed by atoms with Gasteiger partial charge in [-0.05, 0) is 35.9 Å². The van der Waals surface area contributed by atoms with Crippen LogP contribution in [0.1, 0.15) is 5.56 Å². The highest BCUT2D eigenvalue weighted by Crippen LogP contribution is 2.19. The summed E-state index contributed by atoms with van der Waals surface area (Å²) in [6.07, 6.45) is -0.659. The van der Waals surface area contributed by atoms with Crippen LogP contribution in [0.5, 0.6) is 5.75 Å². The van der Waals surface area contributed by atoms with Crippen molar-refractivity contribution in [2.24, 2.45) is 0 Å². The Hall–Kier alpha value is -1.29. The largest absolute Gasteiger partial charge is 0.491 e. The van der Waals surface area contributed by atoms with Gasteiger partial charge < -0.3 is 9.84 Å². The second kappa shape index (κ2) is 6.93. The smallest absolute Gasteiger partial charge is 0.127 e. The standard InChI is InChI=1S/C15H13Cl2FO2/c16-11-2-1-3-14(7-11)20-9-13(19)6-10-4-5-12(17)8-15(10)18/h1-5,7-8,13,19H,6,9H2. The summed E-state index contributed by atoms with van der Waals surface area (Å²) in [6, 6.07) is 11.2. The topological polar surface area (TPSA) is 29.5 Å². The molecule has 0 saturated heterocycles. The van der Waals surface area contributed by atoms with E-state index in [1.807, 2.05) is 0 Å². The lowest BCUT2D eigenvalue weighted by molar-refractivity contribution is 0.107. The molecule has 0 radical (unpaired) electrons. The Morgan fingerprint density at radius 1 is 1.10 bits per heavy atom. The molecule has 2 aromatic carbocycles. The first-order valence-electron chi connectivity index (χ1n) is 6.05. The summed E-state index contributed by atoms with van der Waals surface area (Å²) in [5.41, 5.74) is 0.400. The van der Waals surface area contributed by atoms with Crippen LogP contribution in [0, 0.1) is 5.82 Å². The molecule has 0 heterocycles. The number of hydrogen-bond donors (Lipinski definition) is 1. The predicted molar refractivity (Wildman–Crippen MR) is 78.1 cm³/mol. The number of benzene rings is 2. The van der Waals surface area contributed by atoms with Crippen molar-refractivity contribution in [1.82, 2.24) is 0 Å². The number of rotatable bonds is 5. The highest BCUT2D eigenvalue weighted by atomic mass is 35.5. The maximum Gasteiger partial charge on any atom is 0.127 e. The SMILES string of the molecule is OC(COc1cccc(Cl)c1)Cc1ccc(Cl)cc1F. The van der Waals surface area contributed by atoms with Crippen LogP contribution in [-0.4, -0.2) is 17.8 Å². The van der Waals surface area contributed by atoms with Crippen molar-refractivity contribution < 1.29 is 14.2 Å². The van der Waals surface area contributed by atoms with Crippen molar-refractivity contribution in [2.45, 2.75) is 12.5 Å². The molecule has 5 heteroatoms. The van der Waals surface area contributed by atoms with E-state index in [4.69, 9.17) is 27.9 Å². The first-order chi connectivity index (χ1) is 9.54. The minimum Gasteiger partial charge on any atom is -0.491 e. The van der Waals surface area contributed by atoms with Crippen LogP contribution in [0.2, 0.25) is 10.0 Å². The summed E-state index contributed by atoms with van der Waals surface area (Å²) in [5.74, 6) is 0.132. The minimum absolute atomic E-state index is 0.0579. The van der Waals surface area contributed by atoms with Crippen molar-refractivity contribution in [2.75, 3.05) is 6.61 Å². The van der Waals surface area contributed by atoms with Gasteiger partial charge in [-0.3, -0.25) is 0 Å². The Morgan fingerprint density at radius 3 is 2.55 bits per heavy atom. The van der Waals surface area contributed by atoms with Crippen molar-refractivity contribution in [3.05, 3.63) is 63.9 Å². The summed E-state index contributed by atoms with van der Waals surface area (Å²) in [6.45, 7) is 0.0579. The van der Waals surface area contributed by atoms with Gasteiger partial charge in [-0.1, -0.05) is 35.3 Å². The molecule has 1 atom stereocenters. The normalized spacial score (nSPS) is 12.2. The van der Waals surface area contributed by atoms with Crippen LogP contribution in [0.4, 0.5) is 4.39 Å². The van der Waals surface area contributed by atoms with Crippen LogP contribution in [0.3, 0.4) is 0 Å². The number of hydrogen-bond acceptors (Lipinski definition) is 2. The van der Waals surface area contributed by atoms with Crippen LogP contribution in [0.25, 0.3) is 0 Å². The van der Waals surface area contributed by atoms with Crippen LogP contribution in [-0.2, 0) is 6.42 Å². The quantitative estimate of drug-likeness (QED) is 0.899. The number of aliphatic hydroxyl groups is 1. The van der Waals surface area contributed by atoms with Crippen molar-refractivity contribution in [3.63, 3.8) is 0 Å². The van der Waals surface area contributed by atoms with E-state index in [1.54, 1.807) is 36.4 Å². The maximum absolute atomic E-state index is 13.6. The Morgan fingerprint density at radius 2 is 1.85 bits per heavy atom. The molecule has 2 nitrogen and oxygen atoms in total. The average molecular weight is 315 g/mol. The second-order valence-corrected chi connectivity index (χ2v) is 5.23. The predicted octanol–water partition coefficient (Wildman–Crippen LogP) is 4.11. The molecule has 1 N–H and O–H groups in total. The van der Waals surface area contributed by atoms with Crippen molar-refractivity contribution in [3.8, 4) is 5.75 Å². The summed E-state index contributed by atoms with van der Waals surface area (Å²) in [7, 11) is 0. The van der Waals surface area contributed by atoms with E-state index >= 15 is 0 Å². The highest BCUT2D eigenvalue weighted by molar-refractivity contribution is 6.30. The highest BCUT2D eigenvalue weighted by Gasteiger charge is 2.11. The average Bonchev–Trinajstić information content (AvgIpc) is 2.40. The van der Waals surface area contributed by atoms with E-state index in [2.05, 4.69) is 0 Å². The molecule has 0 spiro atoms. The van der Waals surface area contributed by atoms with Gasteiger partial charge in [0, 0.05) is 16.5 Å². The summed E-state index contributed by atoms with van der Waals surface area (Å²) < 4.78 is 19.0. The third-order valence-electron chi connectivity index (χ3n) is 2.71. The van der Waals surface area contributed by atoms with E-state index in [1.165, 1.54) is 6.07 Å². The van der Waals surface area contributed by atoms with E-state index in [9.17, 15) is 9.50 Å². The van der Waals surface area contributed by atoms with E-state index in [-0.39, 0.29) is 13.0 Å². The number of halogens is 3. The van der Waals surface area contributed by atoms with Gasteiger partial charge in [-0.2, -0.15) is 0 Å². The number of ether oxygens (including phenoxy) is 1. The lowest BCUT2D eigenvalue weighted by Gasteiger charge is -2.13. The van der Waals surface area contributed by atoms with E-state index in [0.29, 0.717) is 21.4 Å². The minimum atomic E-state index is -0.815. The summed E-state index contributed by atoms with van der Waals surface area (Å²) in [5, 5.41) is 10.8. The first-order valence-corrected chi connectivity index (χ1v) is 6.80. The van der Waals surface area contributed by atoms with Gasteiger partial charge in [-0.15, -0.1) is 0 Å². The lowest BCUT2D eigenvalue weighted by Crippen LogP contribution is -2.20. The molecule has 0 aromatic heterocycles. The molecule has 0 saturated carbocycles. The number of aliphatic hydroxyl groups excluding tert-OH is 1. The van der Waals surface area contributed by atoms with Crippen LogP contribution in [0.15, 0.2) is 42.5 Å². The zero-order valence-electron chi connectivity index (χ0n) is 10.5. The van der Waals surface area contributed by atoms with Crippen molar-refractivity contribution >= 4 is 23.2 Å². The molecule has 1 unspecified atom stereocenters. The zero-order valence-corrected chi connectivity index (χ0v) is 12.0. The van der Waals surface area contributed by atoms with Crippen LogP contribution < -0.4 is 4.74 Å². The van der Waals surface area contributed by atoms with Gasteiger partial charge in [0.05, 0.1) is 6.10 Å². The molecule has 0 aliphatic rings. The fraction of sp³-hybridized carbons (Fsp3) is 0.200. The molecule has 0 amide bonds. The zero-order chi connectivity index (χ0) is 14.5. The molecule has 0 aliphatic heterocycles. The Kier molecular flexibility index (Phi) is 5.24. The van der Waals surface area contributed by atoms with E-state index < -0.39 is 11.9 Å². The molecular weight excluding hydrogens is 302 g/mol. The third kappa shape index (κ3) is 4.37. The Labute approximate surface area is 126 Å². The van der Waals surface area contributed by atoms with E-state index in [0.717, 1.165) is 0 Å². The monoisotopic (exact) mass is 314 g/mol. The Balaban J connectivity index is 1.90. The molecular formula is C15H13Cl2FO2. The van der Waals surface area contributed by atoms with Gasteiger partial charge in [0.1, 0.15) is 18.2 Å². The first kappa shape index (κ1) is 15.1. The molecule has 0 aliphatic carbocycles. The van der Waals surface area contributed by atoms with Gasteiger partial charge >= 0.3 is 0 Å². The fourth-order valence-electron chi connectivity index (χ4n) is 1.75. The lowest BCUT2D eigenvalue weighted by atomic mass is 10.1. The van der Waals surface area contributed by atoms with Gasteiger partial charge in [0.2, 0.25) is 0 Å². The summed E-state index contributed by atoms with van der Waals surface area (Å²) in [4.78, 5) is 0. The third-order valence-corrected chi connectivity index (χ3v) is 3.18.